The highest BCUT2D eigenvalue weighted by molar-refractivity contribution is 5.43. The first-order chi connectivity index (χ1) is 12.4. The fraction of sp³-hybridized carbons (Fsp3) is 0.455. The molecule has 0 fully saturated rings. The van der Waals surface area contributed by atoms with Crippen molar-refractivity contribution in [2.75, 3.05) is 13.7 Å². The van der Waals surface area contributed by atoms with E-state index in [9.17, 15) is 0 Å². The molecule has 0 aliphatic rings. The van der Waals surface area contributed by atoms with Gasteiger partial charge in [0.1, 0.15) is 0 Å². The third-order valence-electron chi connectivity index (χ3n) is 3.85. The van der Waals surface area contributed by atoms with E-state index < -0.39 is 0 Å². The highest BCUT2D eigenvalue weighted by Crippen LogP contribution is 2.28. The van der Waals surface area contributed by atoms with E-state index in [0.717, 1.165) is 24.6 Å². The van der Waals surface area contributed by atoms with Gasteiger partial charge in [0.2, 0.25) is 0 Å². The van der Waals surface area contributed by atoms with Crippen molar-refractivity contribution in [2.45, 2.75) is 53.0 Å². The van der Waals surface area contributed by atoms with Crippen LogP contribution in [0.2, 0.25) is 0 Å². The Labute approximate surface area is 157 Å². The van der Waals surface area contributed by atoms with E-state index in [1.165, 1.54) is 16.7 Å². The van der Waals surface area contributed by atoms with Crippen LogP contribution in [0.15, 0.2) is 42.5 Å². The van der Waals surface area contributed by atoms with Crippen LogP contribution >= 0.6 is 0 Å². The zero-order valence-electron chi connectivity index (χ0n) is 16.6. The van der Waals surface area contributed by atoms with Crippen LogP contribution in [0.4, 0.5) is 0 Å². The first kappa shape index (κ1) is 20.3. The van der Waals surface area contributed by atoms with Crippen LogP contribution in [0.3, 0.4) is 0 Å². The molecule has 2 rings (SSSR count). The molecule has 142 valence electrons. The molecule has 0 aliphatic heterocycles. The van der Waals surface area contributed by atoms with E-state index in [1.807, 2.05) is 19.1 Å². The molecule has 26 heavy (non-hydrogen) atoms. The average Bonchev–Trinajstić information content (AvgIpc) is 2.60. The smallest absolute Gasteiger partial charge is 0.161 e. The first-order valence-electron chi connectivity index (χ1n) is 9.13. The van der Waals surface area contributed by atoms with Crippen LogP contribution in [-0.4, -0.2) is 19.3 Å². The maximum Gasteiger partial charge on any atom is 0.161 e. The van der Waals surface area contributed by atoms with Gasteiger partial charge in [-0.25, -0.2) is 0 Å². The van der Waals surface area contributed by atoms with Crippen molar-refractivity contribution in [2.24, 2.45) is 0 Å². The van der Waals surface area contributed by atoms with Gasteiger partial charge in [0.15, 0.2) is 11.5 Å². The Morgan fingerprint density at radius 3 is 2.23 bits per heavy atom. The lowest BCUT2D eigenvalue weighted by molar-refractivity contribution is -0.0149. The van der Waals surface area contributed by atoms with Gasteiger partial charge < -0.3 is 19.5 Å². The van der Waals surface area contributed by atoms with Crippen LogP contribution in [0.1, 0.15) is 44.4 Å². The molecular weight excluding hydrogens is 326 g/mol. The van der Waals surface area contributed by atoms with Crippen LogP contribution in [0.25, 0.3) is 0 Å². The Morgan fingerprint density at radius 1 is 0.885 bits per heavy atom. The van der Waals surface area contributed by atoms with Gasteiger partial charge in [0.25, 0.3) is 0 Å². The van der Waals surface area contributed by atoms with Crippen LogP contribution < -0.4 is 14.8 Å². The van der Waals surface area contributed by atoms with Crippen molar-refractivity contribution in [1.82, 2.24) is 5.32 Å². The Hall–Kier alpha value is -2.04. The molecule has 2 aromatic carbocycles. The lowest BCUT2D eigenvalue weighted by atomic mass is 10.1. The van der Waals surface area contributed by atoms with Crippen molar-refractivity contribution >= 4 is 0 Å². The summed E-state index contributed by atoms with van der Waals surface area (Å²) < 4.78 is 16.8. The Kier molecular flexibility index (Phi) is 7.49. The summed E-state index contributed by atoms with van der Waals surface area (Å²) in [5, 5.41) is 3.49. The van der Waals surface area contributed by atoms with Crippen LogP contribution in [0.5, 0.6) is 11.5 Å². The van der Waals surface area contributed by atoms with E-state index in [4.69, 9.17) is 14.2 Å². The first-order valence-corrected chi connectivity index (χ1v) is 9.13. The zero-order valence-corrected chi connectivity index (χ0v) is 16.6. The van der Waals surface area contributed by atoms with Gasteiger partial charge in [0.05, 0.1) is 25.9 Å². The normalized spacial score (nSPS) is 11.4. The molecule has 4 nitrogen and oxygen atoms in total. The van der Waals surface area contributed by atoms with Gasteiger partial charge in [-0.3, -0.25) is 0 Å². The molecule has 0 bridgehead atoms. The summed E-state index contributed by atoms with van der Waals surface area (Å²) >= 11 is 0. The monoisotopic (exact) mass is 357 g/mol. The molecule has 0 aromatic heterocycles. The summed E-state index contributed by atoms with van der Waals surface area (Å²) in [6.45, 7) is 11.0. The molecule has 0 atom stereocenters. The standard InChI is InChI=1S/C22H31NO3/c1-6-25-21-13-18(10-11-20(21)24-5)15-23-14-17-8-7-9-19(12-17)16-26-22(2,3)4/h7-13,23H,6,14-16H2,1-5H3. The van der Waals surface area contributed by atoms with E-state index >= 15 is 0 Å². The molecule has 0 spiro atoms. The lowest BCUT2D eigenvalue weighted by Crippen LogP contribution is -2.18. The van der Waals surface area contributed by atoms with Crippen molar-refractivity contribution in [1.29, 1.82) is 0 Å². The molecular formula is C22H31NO3. The molecule has 0 heterocycles. The number of hydrogen-bond donors (Lipinski definition) is 1. The second-order valence-electron chi connectivity index (χ2n) is 7.24. The maximum absolute atomic E-state index is 5.86. The predicted molar refractivity (Wildman–Crippen MR) is 106 cm³/mol. The number of benzene rings is 2. The predicted octanol–water partition coefficient (Wildman–Crippen LogP) is 4.70. The van der Waals surface area contributed by atoms with Gasteiger partial charge in [-0.15, -0.1) is 0 Å². The lowest BCUT2D eigenvalue weighted by Gasteiger charge is -2.19. The van der Waals surface area contributed by atoms with Gasteiger partial charge in [-0.1, -0.05) is 30.3 Å². The number of methoxy groups -OCH3 is 1. The van der Waals surface area contributed by atoms with Gasteiger partial charge in [0, 0.05) is 13.1 Å². The Balaban J connectivity index is 1.90. The van der Waals surface area contributed by atoms with Gasteiger partial charge in [-0.05, 0) is 56.5 Å². The summed E-state index contributed by atoms with van der Waals surface area (Å²) in [4.78, 5) is 0. The molecule has 0 radical (unpaired) electrons. The molecule has 0 saturated carbocycles. The Morgan fingerprint density at radius 2 is 1.58 bits per heavy atom. The minimum Gasteiger partial charge on any atom is -0.493 e. The summed E-state index contributed by atoms with van der Waals surface area (Å²) in [5.41, 5.74) is 3.49. The number of ether oxygens (including phenoxy) is 3. The van der Waals surface area contributed by atoms with Crippen molar-refractivity contribution < 1.29 is 14.2 Å². The number of hydrogen-bond acceptors (Lipinski definition) is 4. The molecule has 0 unspecified atom stereocenters. The molecule has 4 heteroatoms. The maximum atomic E-state index is 5.86. The van der Waals surface area contributed by atoms with Gasteiger partial charge in [-0.2, -0.15) is 0 Å². The summed E-state index contributed by atoms with van der Waals surface area (Å²) in [6, 6.07) is 14.6. The van der Waals surface area contributed by atoms with E-state index in [0.29, 0.717) is 13.2 Å². The number of rotatable bonds is 9. The van der Waals surface area contributed by atoms with Crippen LogP contribution in [0, 0.1) is 0 Å². The summed E-state index contributed by atoms with van der Waals surface area (Å²) in [5.74, 6) is 1.55. The minimum absolute atomic E-state index is 0.124. The van der Waals surface area contributed by atoms with E-state index in [1.54, 1.807) is 7.11 Å². The summed E-state index contributed by atoms with van der Waals surface area (Å²) in [6.07, 6.45) is 0. The number of nitrogens with one attached hydrogen (secondary N) is 1. The highest BCUT2D eigenvalue weighted by Gasteiger charge is 2.10. The average molecular weight is 357 g/mol. The molecule has 1 N–H and O–H groups in total. The second kappa shape index (κ2) is 9.60. The zero-order chi connectivity index (χ0) is 19.0. The van der Waals surface area contributed by atoms with Crippen molar-refractivity contribution in [3.63, 3.8) is 0 Å². The third-order valence-corrected chi connectivity index (χ3v) is 3.85. The molecule has 0 saturated heterocycles. The molecule has 2 aromatic rings. The highest BCUT2D eigenvalue weighted by atomic mass is 16.5. The topological polar surface area (TPSA) is 39.7 Å². The fourth-order valence-electron chi connectivity index (χ4n) is 2.58. The molecule has 0 amide bonds. The fourth-order valence-corrected chi connectivity index (χ4v) is 2.58. The quantitative estimate of drug-likeness (QED) is 0.706. The van der Waals surface area contributed by atoms with Crippen LogP contribution in [-0.2, 0) is 24.4 Å². The van der Waals surface area contributed by atoms with E-state index in [2.05, 4.69) is 56.4 Å². The summed E-state index contributed by atoms with van der Waals surface area (Å²) in [7, 11) is 1.66. The Bertz CT molecular complexity index is 692. The van der Waals surface area contributed by atoms with Crippen molar-refractivity contribution in [3.8, 4) is 11.5 Å². The van der Waals surface area contributed by atoms with Crippen molar-refractivity contribution in [3.05, 3.63) is 59.2 Å². The second-order valence-corrected chi connectivity index (χ2v) is 7.24. The SMILES string of the molecule is CCOc1cc(CNCc2cccc(COC(C)(C)C)c2)ccc1OC. The van der Waals surface area contributed by atoms with Gasteiger partial charge >= 0.3 is 0 Å². The third kappa shape index (κ3) is 6.70. The largest absolute Gasteiger partial charge is 0.493 e. The minimum atomic E-state index is -0.124. The molecule has 0 aliphatic carbocycles. The van der Waals surface area contributed by atoms with E-state index in [-0.39, 0.29) is 5.60 Å².